The predicted octanol–water partition coefficient (Wildman–Crippen LogP) is 2.31. The van der Waals surface area contributed by atoms with E-state index in [1.54, 1.807) is 6.21 Å². The number of hydrazone groups is 1. The fourth-order valence-electron chi connectivity index (χ4n) is 1.31. The second-order valence-corrected chi connectivity index (χ2v) is 3.77. The van der Waals surface area contributed by atoms with Gasteiger partial charge in [-0.3, -0.25) is 10.2 Å². The molecule has 0 atom stereocenters. The van der Waals surface area contributed by atoms with Crippen LogP contribution in [0.2, 0.25) is 0 Å². The molecule has 0 aliphatic carbocycles. The van der Waals surface area contributed by atoms with Gasteiger partial charge in [0.25, 0.3) is 0 Å². The average molecular weight is 263 g/mol. The first kappa shape index (κ1) is 12.3. The highest BCUT2D eigenvalue weighted by Gasteiger charge is 1.93. The lowest BCUT2D eigenvalue weighted by Gasteiger charge is -2.01. The zero-order valence-corrected chi connectivity index (χ0v) is 10.6. The van der Waals surface area contributed by atoms with Crippen LogP contribution in [0.4, 0.5) is 5.95 Å². The number of benzene rings is 1. The van der Waals surface area contributed by atoms with Gasteiger partial charge >= 0.3 is 0 Å². The van der Waals surface area contributed by atoms with E-state index in [0.717, 1.165) is 11.3 Å². The van der Waals surface area contributed by atoms with E-state index >= 15 is 0 Å². The van der Waals surface area contributed by atoms with Gasteiger partial charge in [0.15, 0.2) is 0 Å². The molecule has 0 bridgehead atoms. The van der Waals surface area contributed by atoms with E-state index in [0.29, 0.717) is 17.3 Å². The quantitative estimate of drug-likeness (QED) is 0.439. The van der Waals surface area contributed by atoms with Crippen molar-refractivity contribution >= 4 is 24.4 Å². The summed E-state index contributed by atoms with van der Waals surface area (Å²) in [5.74, 6) is 1.32. The van der Waals surface area contributed by atoms with Crippen LogP contribution in [0, 0.1) is 4.77 Å². The van der Waals surface area contributed by atoms with Gasteiger partial charge in [-0.15, -0.1) is 0 Å². The van der Waals surface area contributed by atoms with Gasteiger partial charge in [0.05, 0.1) is 12.8 Å². The summed E-state index contributed by atoms with van der Waals surface area (Å²) in [6, 6.07) is 7.63. The summed E-state index contributed by atoms with van der Waals surface area (Å²) in [5.41, 5.74) is 3.69. The zero-order valence-electron chi connectivity index (χ0n) is 9.80. The first-order valence-corrected chi connectivity index (χ1v) is 5.85. The molecule has 0 fully saturated rings. The monoisotopic (exact) mass is 263 g/mol. The van der Waals surface area contributed by atoms with Crippen LogP contribution in [-0.2, 0) is 0 Å². The Hall–Kier alpha value is -2.15. The highest BCUT2D eigenvalue weighted by molar-refractivity contribution is 7.71. The standard InChI is InChI=1S/C11H13N5OS/c1-2-17-9-5-3-8(4-6-9)7-12-14-10-13-11(18)16-15-10/h3-7H,2H2,1H3,(H3,13,14,15,16,18)/b12-7-. The second kappa shape index (κ2) is 5.97. The number of ether oxygens (including phenoxy) is 1. The third kappa shape index (κ3) is 3.42. The number of nitrogens with one attached hydrogen (secondary N) is 3. The van der Waals surface area contributed by atoms with Gasteiger partial charge in [-0.25, -0.2) is 5.43 Å². The van der Waals surface area contributed by atoms with Gasteiger partial charge in [0.2, 0.25) is 10.7 Å². The van der Waals surface area contributed by atoms with Crippen molar-refractivity contribution in [2.75, 3.05) is 12.0 Å². The SMILES string of the molecule is CCOc1ccc(/C=N\Nc2nc(=S)[nH][nH]2)cc1. The molecular formula is C11H13N5OS. The molecular weight excluding hydrogens is 250 g/mol. The number of hydrogen-bond donors (Lipinski definition) is 3. The average Bonchev–Trinajstić information content (AvgIpc) is 2.78. The molecule has 1 heterocycles. The van der Waals surface area contributed by atoms with Crippen molar-refractivity contribution < 1.29 is 4.74 Å². The van der Waals surface area contributed by atoms with Gasteiger partial charge in [-0.2, -0.15) is 10.1 Å². The third-order valence-corrected chi connectivity index (χ3v) is 2.27. The summed E-state index contributed by atoms with van der Waals surface area (Å²) in [6.07, 6.45) is 1.68. The molecule has 0 spiro atoms. The molecule has 0 saturated carbocycles. The number of anilines is 1. The van der Waals surface area contributed by atoms with E-state index in [9.17, 15) is 0 Å². The highest BCUT2D eigenvalue weighted by atomic mass is 32.1. The van der Waals surface area contributed by atoms with E-state index in [1.165, 1.54) is 0 Å². The van der Waals surface area contributed by atoms with Crippen molar-refractivity contribution in [1.82, 2.24) is 15.2 Å². The molecule has 1 aromatic carbocycles. The van der Waals surface area contributed by atoms with Crippen LogP contribution in [0.5, 0.6) is 5.75 Å². The number of hydrogen-bond acceptors (Lipinski definition) is 5. The minimum atomic E-state index is 0.383. The number of rotatable bonds is 5. The Bertz CT molecular complexity index is 572. The van der Waals surface area contributed by atoms with Gasteiger partial charge in [0, 0.05) is 0 Å². The molecule has 0 radical (unpaired) electrons. The molecule has 0 aliphatic heterocycles. The fourth-order valence-corrected chi connectivity index (χ4v) is 1.45. The van der Waals surface area contributed by atoms with Crippen LogP contribution in [0.15, 0.2) is 29.4 Å². The van der Waals surface area contributed by atoms with E-state index in [1.807, 2.05) is 31.2 Å². The molecule has 0 unspecified atom stereocenters. The summed E-state index contributed by atoms with van der Waals surface area (Å²) in [4.78, 5) is 3.94. The Morgan fingerprint density at radius 3 is 2.78 bits per heavy atom. The second-order valence-electron chi connectivity index (χ2n) is 3.39. The van der Waals surface area contributed by atoms with Gasteiger partial charge in [0.1, 0.15) is 5.75 Å². The molecule has 0 saturated heterocycles. The first-order valence-electron chi connectivity index (χ1n) is 5.44. The topological polar surface area (TPSA) is 78.1 Å². The molecule has 94 valence electrons. The van der Waals surface area contributed by atoms with Crippen molar-refractivity contribution in [3.05, 3.63) is 34.6 Å². The predicted molar refractivity (Wildman–Crippen MR) is 72.6 cm³/mol. The molecule has 18 heavy (non-hydrogen) atoms. The molecule has 0 amide bonds. The first-order chi connectivity index (χ1) is 8.78. The Kier molecular flexibility index (Phi) is 4.08. The largest absolute Gasteiger partial charge is 0.494 e. The van der Waals surface area contributed by atoms with Crippen LogP contribution < -0.4 is 10.2 Å². The number of aromatic amines is 2. The Morgan fingerprint density at radius 1 is 1.39 bits per heavy atom. The molecule has 3 N–H and O–H groups in total. The summed E-state index contributed by atoms with van der Waals surface area (Å²) < 4.78 is 5.73. The number of aromatic nitrogens is 3. The maximum Gasteiger partial charge on any atom is 0.238 e. The zero-order chi connectivity index (χ0) is 12.8. The lowest BCUT2D eigenvalue weighted by molar-refractivity contribution is 0.340. The van der Waals surface area contributed by atoms with Gasteiger partial charge < -0.3 is 4.74 Å². The molecule has 2 rings (SSSR count). The molecule has 0 aliphatic rings. The minimum absolute atomic E-state index is 0.383. The lowest BCUT2D eigenvalue weighted by atomic mass is 10.2. The van der Waals surface area contributed by atoms with Crippen LogP contribution in [0.1, 0.15) is 12.5 Å². The summed E-state index contributed by atoms with van der Waals surface area (Å²) in [5, 5.41) is 9.42. The maximum atomic E-state index is 5.35. The third-order valence-electron chi connectivity index (χ3n) is 2.08. The van der Waals surface area contributed by atoms with Crippen molar-refractivity contribution in [3.63, 3.8) is 0 Å². The minimum Gasteiger partial charge on any atom is -0.494 e. The maximum absolute atomic E-state index is 5.35. The van der Waals surface area contributed by atoms with Crippen LogP contribution in [-0.4, -0.2) is 28.0 Å². The van der Waals surface area contributed by atoms with Crippen LogP contribution in [0.25, 0.3) is 0 Å². The van der Waals surface area contributed by atoms with E-state index in [2.05, 4.69) is 25.7 Å². The lowest BCUT2D eigenvalue weighted by Crippen LogP contribution is -1.93. The normalized spacial score (nSPS) is 10.7. The Morgan fingerprint density at radius 2 is 2.17 bits per heavy atom. The molecule has 7 heteroatoms. The van der Waals surface area contributed by atoms with E-state index in [4.69, 9.17) is 17.0 Å². The highest BCUT2D eigenvalue weighted by Crippen LogP contribution is 2.10. The summed E-state index contributed by atoms with van der Waals surface area (Å²) in [6.45, 7) is 2.61. The fraction of sp³-hybridized carbons (Fsp3) is 0.182. The summed E-state index contributed by atoms with van der Waals surface area (Å²) >= 11 is 4.81. The van der Waals surface area contributed by atoms with Gasteiger partial charge in [-0.1, -0.05) is 0 Å². The molecule has 1 aromatic heterocycles. The van der Waals surface area contributed by atoms with Crippen molar-refractivity contribution in [2.24, 2.45) is 5.10 Å². The summed E-state index contributed by atoms with van der Waals surface area (Å²) in [7, 11) is 0. The molecule has 6 nitrogen and oxygen atoms in total. The smallest absolute Gasteiger partial charge is 0.238 e. The van der Waals surface area contributed by atoms with Gasteiger partial charge in [-0.05, 0) is 49.0 Å². The Balaban J connectivity index is 1.94. The number of nitrogens with zero attached hydrogens (tertiary/aromatic N) is 2. The van der Waals surface area contributed by atoms with Crippen molar-refractivity contribution in [1.29, 1.82) is 0 Å². The van der Waals surface area contributed by atoms with Crippen molar-refractivity contribution in [3.8, 4) is 5.75 Å². The van der Waals surface area contributed by atoms with Crippen LogP contribution in [0.3, 0.4) is 0 Å². The Labute approximate surface area is 109 Å². The van der Waals surface area contributed by atoms with Crippen molar-refractivity contribution in [2.45, 2.75) is 6.92 Å². The van der Waals surface area contributed by atoms with Crippen LogP contribution >= 0.6 is 12.2 Å². The molecule has 2 aromatic rings. The van der Waals surface area contributed by atoms with E-state index in [-0.39, 0.29) is 0 Å². The number of H-pyrrole nitrogens is 2. The van der Waals surface area contributed by atoms with E-state index < -0.39 is 0 Å².